The van der Waals surface area contributed by atoms with E-state index in [4.69, 9.17) is 4.74 Å². The van der Waals surface area contributed by atoms with E-state index in [9.17, 15) is 4.79 Å². The number of carbonyl (C=O) groups is 1. The van der Waals surface area contributed by atoms with Crippen molar-refractivity contribution in [2.75, 3.05) is 18.1 Å². The SMILES string of the molecule is O=C1C[C@@H](C2SCCCS2)C[C@@H]2c3c(c4ccccc4n3Cc3ccccc3)C[C@@H](COCc3ccccc3)N12. The molecular weight excluding hydrogens is 533 g/mol. The van der Waals surface area contributed by atoms with Gasteiger partial charge in [0.15, 0.2) is 0 Å². The molecule has 3 aromatic carbocycles. The first kappa shape index (κ1) is 26.2. The first-order chi connectivity index (χ1) is 19.8. The zero-order valence-corrected chi connectivity index (χ0v) is 24.4. The van der Waals surface area contributed by atoms with Crippen molar-refractivity contribution in [1.82, 2.24) is 9.47 Å². The van der Waals surface area contributed by atoms with Crippen LogP contribution in [0.15, 0.2) is 84.9 Å². The zero-order chi connectivity index (χ0) is 26.9. The van der Waals surface area contributed by atoms with Crippen molar-refractivity contribution < 1.29 is 9.53 Å². The maximum atomic E-state index is 14.1. The number of fused-ring (bicyclic) bond motifs is 5. The fourth-order valence-corrected chi connectivity index (χ4v) is 10.2. The molecule has 4 aromatic rings. The monoisotopic (exact) mass is 568 g/mol. The smallest absolute Gasteiger partial charge is 0.223 e. The third-order valence-corrected chi connectivity index (χ3v) is 12.0. The van der Waals surface area contributed by atoms with Gasteiger partial charge in [-0.25, -0.2) is 0 Å². The predicted octanol–water partition coefficient (Wildman–Crippen LogP) is 7.31. The number of para-hydroxylation sites is 1. The Morgan fingerprint density at radius 3 is 2.30 bits per heavy atom. The molecule has 2 saturated heterocycles. The van der Waals surface area contributed by atoms with Gasteiger partial charge in [-0.3, -0.25) is 4.79 Å². The zero-order valence-electron chi connectivity index (χ0n) is 22.8. The second kappa shape index (κ2) is 11.7. The summed E-state index contributed by atoms with van der Waals surface area (Å²) in [7, 11) is 0. The molecule has 2 fully saturated rings. The number of rotatable bonds is 7. The number of thioether (sulfide) groups is 2. The molecule has 0 unspecified atom stereocenters. The number of aromatic nitrogens is 1. The highest BCUT2D eigenvalue weighted by molar-refractivity contribution is 8.17. The molecular formula is C34H36N2O2S2. The quantitative estimate of drug-likeness (QED) is 0.234. The molecule has 206 valence electrons. The first-order valence-electron chi connectivity index (χ1n) is 14.6. The highest BCUT2D eigenvalue weighted by atomic mass is 32.2. The lowest BCUT2D eigenvalue weighted by atomic mass is 9.82. The van der Waals surface area contributed by atoms with Crippen molar-refractivity contribution in [2.24, 2.45) is 5.92 Å². The van der Waals surface area contributed by atoms with Crippen LogP contribution in [0, 0.1) is 5.92 Å². The molecule has 0 N–H and O–H groups in total. The summed E-state index contributed by atoms with van der Waals surface area (Å²) in [6, 6.07) is 30.1. The summed E-state index contributed by atoms with van der Waals surface area (Å²) in [6.07, 6.45) is 3.80. The Hall–Kier alpha value is -2.67. The van der Waals surface area contributed by atoms with Gasteiger partial charge in [-0.15, -0.1) is 23.5 Å². The molecule has 3 atom stereocenters. The Kier molecular flexibility index (Phi) is 7.66. The summed E-state index contributed by atoms with van der Waals surface area (Å²) in [6.45, 7) is 1.96. The van der Waals surface area contributed by atoms with Gasteiger partial charge in [0, 0.05) is 29.6 Å². The number of benzene rings is 3. The van der Waals surface area contributed by atoms with Crippen LogP contribution < -0.4 is 0 Å². The number of hydrogen-bond acceptors (Lipinski definition) is 4. The molecule has 4 nitrogen and oxygen atoms in total. The molecule has 0 aliphatic carbocycles. The average Bonchev–Trinajstić information content (AvgIpc) is 3.31. The maximum absolute atomic E-state index is 14.1. The Morgan fingerprint density at radius 2 is 1.52 bits per heavy atom. The molecule has 6 heteroatoms. The molecule has 0 spiro atoms. The fourth-order valence-electron chi connectivity index (χ4n) is 6.96. The predicted molar refractivity (Wildman–Crippen MR) is 167 cm³/mol. The molecule has 40 heavy (non-hydrogen) atoms. The molecule has 3 aliphatic rings. The number of nitrogens with zero attached hydrogens (tertiary/aromatic N) is 2. The van der Waals surface area contributed by atoms with Gasteiger partial charge in [-0.1, -0.05) is 78.9 Å². The van der Waals surface area contributed by atoms with Gasteiger partial charge in [0.25, 0.3) is 0 Å². The van der Waals surface area contributed by atoms with Crippen LogP contribution in [0.4, 0.5) is 0 Å². The van der Waals surface area contributed by atoms with Crippen molar-refractivity contribution in [3.8, 4) is 0 Å². The average molecular weight is 569 g/mol. The molecule has 0 radical (unpaired) electrons. The van der Waals surface area contributed by atoms with Crippen molar-refractivity contribution in [3.63, 3.8) is 0 Å². The lowest BCUT2D eigenvalue weighted by Gasteiger charge is -2.48. The minimum Gasteiger partial charge on any atom is -0.375 e. The summed E-state index contributed by atoms with van der Waals surface area (Å²) >= 11 is 4.15. The Labute approximate surface area is 245 Å². The maximum Gasteiger partial charge on any atom is 0.223 e. The number of piperidine rings is 1. The first-order valence-corrected chi connectivity index (χ1v) is 16.7. The van der Waals surface area contributed by atoms with Crippen LogP contribution in [0.25, 0.3) is 10.9 Å². The van der Waals surface area contributed by atoms with Crippen molar-refractivity contribution >= 4 is 40.3 Å². The number of hydrogen-bond donors (Lipinski definition) is 0. The number of ether oxygens (including phenoxy) is 1. The van der Waals surface area contributed by atoms with E-state index in [1.807, 2.05) is 6.07 Å². The fraction of sp³-hybridized carbons (Fsp3) is 0.382. The Balaban J connectivity index is 1.27. The van der Waals surface area contributed by atoms with E-state index >= 15 is 0 Å². The van der Waals surface area contributed by atoms with Crippen LogP contribution in [0.3, 0.4) is 0 Å². The Bertz CT molecular complexity index is 1470. The second-order valence-electron chi connectivity index (χ2n) is 11.3. The third-order valence-electron chi connectivity index (χ3n) is 8.70. The summed E-state index contributed by atoms with van der Waals surface area (Å²) in [5.41, 5.74) is 6.51. The van der Waals surface area contributed by atoms with E-state index in [-0.39, 0.29) is 12.1 Å². The lowest BCUT2D eigenvalue weighted by molar-refractivity contribution is -0.145. The summed E-state index contributed by atoms with van der Waals surface area (Å²) in [5.74, 6) is 3.14. The minimum atomic E-state index is 0.0531. The van der Waals surface area contributed by atoms with Crippen LogP contribution >= 0.6 is 23.5 Å². The number of amides is 1. The van der Waals surface area contributed by atoms with Gasteiger partial charge in [-0.05, 0) is 59.4 Å². The van der Waals surface area contributed by atoms with E-state index in [2.05, 4.69) is 112 Å². The van der Waals surface area contributed by atoms with E-state index in [0.29, 0.717) is 36.0 Å². The van der Waals surface area contributed by atoms with Gasteiger partial charge in [0.1, 0.15) is 0 Å². The number of carbonyl (C=O) groups excluding carboxylic acids is 1. The van der Waals surface area contributed by atoms with Crippen LogP contribution in [0.1, 0.15) is 47.7 Å². The molecule has 1 amide bonds. The minimum absolute atomic E-state index is 0.0531. The van der Waals surface area contributed by atoms with Crippen molar-refractivity contribution in [3.05, 3.63) is 107 Å². The highest BCUT2D eigenvalue weighted by Gasteiger charge is 2.47. The van der Waals surface area contributed by atoms with Gasteiger partial charge in [-0.2, -0.15) is 0 Å². The molecule has 7 rings (SSSR count). The standard InChI is InChI=1S/C34H36N2O2S2/c37-32-19-26(34-39-16-9-17-40-34)18-31-33-29(20-27(36(31)32)23-38-22-25-12-5-2-6-13-25)28-14-7-8-15-30(28)35(33)21-24-10-3-1-4-11-24/h1-8,10-15,26-27,31,34H,9,16-23H2/t26-,27-,31+/m0/s1. The Morgan fingerprint density at radius 1 is 0.825 bits per heavy atom. The highest BCUT2D eigenvalue weighted by Crippen LogP contribution is 2.50. The van der Waals surface area contributed by atoms with Gasteiger partial charge in [0.05, 0.1) is 29.9 Å². The van der Waals surface area contributed by atoms with Crippen molar-refractivity contribution in [2.45, 2.75) is 55.5 Å². The molecule has 0 bridgehead atoms. The van der Waals surface area contributed by atoms with Gasteiger partial charge in [0.2, 0.25) is 5.91 Å². The molecule has 0 saturated carbocycles. The summed E-state index contributed by atoms with van der Waals surface area (Å²) in [5, 5.41) is 1.33. The van der Waals surface area contributed by atoms with E-state index in [0.717, 1.165) is 19.4 Å². The largest absolute Gasteiger partial charge is 0.375 e. The van der Waals surface area contributed by atoms with E-state index < -0.39 is 0 Å². The summed E-state index contributed by atoms with van der Waals surface area (Å²) < 4.78 is 9.36. The van der Waals surface area contributed by atoms with Crippen LogP contribution in [-0.2, 0) is 29.1 Å². The van der Waals surface area contributed by atoms with E-state index in [1.165, 1.54) is 51.2 Å². The molecule has 4 heterocycles. The third kappa shape index (κ3) is 5.10. The molecule has 3 aliphatic heterocycles. The molecule has 1 aromatic heterocycles. The van der Waals surface area contributed by atoms with E-state index in [1.54, 1.807) is 0 Å². The topological polar surface area (TPSA) is 34.5 Å². The van der Waals surface area contributed by atoms with Gasteiger partial charge < -0.3 is 14.2 Å². The van der Waals surface area contributed by atoms with Crippen LogP contribution in [0.5, 0.6) is 0 Å². The second-order valence-corrected chi connectivity index (χ2v) is 14.1. The summed E-state index contributed by atoms with van der Waals surface area (Å²) in [4.78, 5) is 16.3. The lowest BCUT2D eigenvalue weighted by Crippen LogP contribution is -2.54. The van der Waals surface area contributed by atoms with Gasteiger partial charge >= 0.3 is 0 Å². The van der Waals surface area contributed by atoms with Crippen molar-refractivity contribution in [1.29, 1.82) is 0 Å². The normalized spacial score (nSPS) is 23.2. The van der Waals surface area contributed by atoms with Crippen LogP contribution in [-0.4, -0.2) is 44.1 Å². The van der Waals surface area contributed by atoms with Crippen LogP contribution in [0.2, 0.25) is 0 Å².